The van der Waals surface area contributed by atoms with Crippen LogP contribution in [0, 0.1) is 5.82 Å². The van der Waals surface area contributed by atoms with Gasteiger partial charge in [0.05, 0.1) is 0 Å². The van der Waals surface area contributed by atoms with Crippen molar-refractivity contribution in [3.63, 3.8) is 0 Å². The predicted molar refractivity (Wildman–Crippen MR) is 87.6 cm³/mol. The largest absolute Gasteiger partial charge is 0.324 e. The topological polar surface area (TPSA) is 42.7 Å². The summed E-state index contributed by atoms with van der Waals surface area (Å²) in [6.07, 6.45) is 3.55. The van der Waals surface area contributed by atoms with E-state index in [9.17, 15) is 4.39 Å². The van der Waals surface area contributed by atoms with Crippen molar-refractivity contribution < 1.29 is 4.39 Å². The molecule has 1 aliphatic rings. The average Bonchev–Trinajstić information content (AvgIpc) is 3.04. The van der Waals surface area contributed by atoms with Crippen molar-refractivity contribution in [3.8, 4) is 0 Å². The van der Waals surface area contributed by atoms with Crippen LogP contribution in [-0.2, 0) is 0 Å². The Morgan fingerprint density at radius 1 is 1.04 bits per heavy atom. The normalized spacial score (nSPS) is 16.4. The molecule has 0 saturated heterocycles. The molecule has 1 unspecified atom stereocenters. The van der Waals surface area contributed by atoms with E-state index in [0.29, 0.717) is 11.0 Å². The van der Waals surface area contributed by atoms with Gasteiger partial charge in [-0.1, -0.05) is 23.7 Å². The zero-order valence-corrected chi connectivity index (χ0v) is 12.7. The number of nitrogens with one attached hydrogen (secondary N) is 1. The van der Waals surface area contributed by atoms with Gasteiger partial charge in [-0.05, 0) is 53.6 Å². The molecule has 2 heterocycles. The zero-order valence-electron chi connectivity index (χ0n) is 11.9. The van der Waals surface area contributed by atoms with Gasteiger partial charge >= 0.3 is 0 Å². The van der Waals surface area contributed by atoms with E-state index in [1.807, 2.05) is 30.3 Å². The summed E-state index contributed by atoms with van der Waals surface area (Å²) in [6.45, 7) is 0. The van der Waals surface area contributed by atoms with Crippen LogP contribution in [-0.4, -0.2) is 14.8 Å². The summed E-state index contributed by atoms with van der Waals surface area (Å²) in [5, 5.41) is 8.19. The number of fused-ring (bicyclic) bond motifs is 1. The highest BCUT2D eigenvalue weighted by Gasteiger charge is 2.23. The van der Waals surface area contributed by atoms with Crippen molar-refractivity contribution >= 4 is 23.2 Å². The number of aromatic nitrogens is 3. The first-order chi connectivity index (χ1) is 11.2. The molecule has 0 fully saturated rings. The lowest BCUT2D eigenvalue weighted by Gasteiger charge is -2.24. The standard InChI is InChI=1S/C17H12ClFN4/c18-13-5-1-12(2-6-13)16-9-15(11-3-7-14(19)8-4-11)22-17-20-10-21-23(16)17/h1-10,16H,(H,20,21,22). The van der Waals surface area contributed by atoms with Crippen LogP contribution in [0.5, 0.6) is 0 Å². The highest BCUT2D eigenvalue weighted by Crippen LogP contribution is 2.32. The third kappa shape index (κ3) is 2.59. The maximum atomic E-state index is 13.1. The van der Waals surface area contributed by atoms with Crippen molar-refractivity contribution in [2.75, 3.05) is 5.32 Å². The molecule has 114 valence electrons. The van der Waals surface area contributed by atoms with E-state index >= 15 is 0 Å². The molecule has 0 aliphatic carbocycles. The summed E-state index contributed by atoms with van der Waals surface area (Å²) in [6, 6.07) is 13.9. The van der Waals surface area contributed by atoms with E-state index < -0.39 is 0 Å². The van der Waals surface area contributed by atoms with E-state index in [1.54, 1.807) is 16.8 Å². The lowest BCUT2D eigenvalue weighted by atomic mass is 10.0. The highest BCUT2D eigenvalue weighted by atomic mass is 35.5. The Labute approximate surface area is 137 Å². The zero-order chi connectivity index (χ0) is 15.8. The molecule has 1 aromatic heterocycles. The van der Waals surface area contributed by atoms with E-state index in [4.69, 9.17) is 11.6 Å². The Morgan fingerprint density at radius 2 is 1.78 bits per heavy atom. The van der Waals surface area contributed by atoms with Crippen molar-refractivity contribution in [1.29, 1.82) is 0 Å². The van der Waals surface area contributed by atoms with Gasteiger partial charge in [-0.2, -0.15) is 10.1 Å². The molecule has 1 aliphatic heterocycles. The van der Waals surface area contributed by atoms with Gasteiger partial charge < -0.3 is 5.32 Å². The van der Waals surface area contributed by atoms with Crippen LogP contribution in [0.15, 0.2) is 60.9 Å². The fourth-order valence-electron chi connectivity index (χ4n) is 2.63. The number of halogens is 2. The predicted octanol–water partition coefficient (Wildman–Crippen LogP) is 4.13. The first kappa shape index (κ1) is 14.0. The first-order valence-corrected chi connectivity index (χ1v) is 7.48. The maximum Gasteiger partial charge on any atom is 0.226 e. The van der Waals surface area contributed by atoms with Gasteiger partial charge in [0.1, 0.15) is 18.2 Å². The summed E-state index contributed by atoms with van der Waals surface area (Å²) in [5.41, 5.74) is 2.80. The third-order valence-electron chi connectivity index (χ3n) is 3.77. The molecule has 4 nitrogen and oxygen atoms in total. The van der Waals surface area contributed by atoms with E-state index in [0.717, 1.165) is 16.8 Å². The van der Waals surface area contributed by atoms with Crippen molar-refractivity contribution in [2.24, 2.45) is 0 Å². The second kappa shape index (κ2) is 5.52. The molecule has 1 N–H and O–H groups in total. The van der Waals surface area contributed by atoms with Crippen molar-refractivity contribution in [3.05, 3.63) is 82.9 Å². The molecule has 6 heteroatoms. The second-order valence-corrected chi connectivity index (χ2v) is 5.67. The molecule has 0 spiro atoms. The number of hydrogen-bond acceptors (Lipinski definition) is 3. The molecular formula is C17H12ClFN4. The molecule has 0 radical (unpaired) electrons. The molecule has 0 saturated carbocycles. The Bertz CT molecular complexity index is 868. The van der Waals surface area contributed by atoms with Crippen LogP contribution in [0.3, 0.4) is 0 Å². The number of hydrogen-bond donors (Lipinski definition) is 1. The van der Waals surface area contributed by atoms with Gasteiger partial charge in [-0.3, -0.25) is 0 Å². The SMILES string of the molecule is Fc1ccc(C2=CC(c3ccc(Cl)cc3)n3ncnc3N2)cc1. The van der Waals surface area contributed by atoms with Crippen LogP contribution in [0.2, 0.25) is 5.02 Å². The van der Waals surface area contributed by atoms with Crippen LogP contribution in [0.25, 0.3) is 5.70 Å². The van der Waals surface area contributed by atoms with Crippen LogP contribution < -0.4 is 5.32 Å². The monoisotopic (exact) mass is 326 g/mol. The molecule has 1 atom stereocenters. The van der Waals surface area contributed by atoms with Gasteiger partial charge in [0.15, 0.2) is 0 Å². The minimum absolute atomic E-state index is 0.105. The van der Waals surface area contributed by atoms with E-state index in [1.165, 1.54) is 18.5 Å². The Kier molecular flexibility index (Phi) is 3.35. The fraction of sp³-hybridized carbons (Fsp3) is 0.0588. The van der Waals surface area contributed by atoms with Crippen LogP contribution in [0.1, 0.15) is 17.2 Å². The van der Waals surface area contributed by atoms with Crippen molar-refractivity contribution in [1.82, 2.24) is 14.8 Å². The fourth-order valence-corrected chi connectivity index (χ4v) is 2.75. The molecule has 0 bridgehead atoms. The molecule has 2 aromatic carbocycles. The maximum absolute atomic E-state index is 13.1. The first-order valence-electron chi connectivity index (χ1n) is 7.10. The average molecular weight is 327 g/mol. The number of allylic oxidation sites excluding steroid dienone is 1. The minimum atomic E-state index is -0.262. The summed E-state index contributed by atoms with van der Waals surface area (Å²) in [5.74, 6) is 0.384. The Hall–Kier alpha value is -2.66. The van der Waals surface area contributed by atoms with Gasteiger partial charge in [0.25, 0.3) is 0 Å². The molecule has 3 aromatic rings. The molecular weight excluding hydrogens is 315 g/mol. The summed E-state index contributed by atoms with van der Waals surface area (Å²) in [4.78, 5) is 4.24. The number of anilines is 1. The Morgan fingerprint density at radius 3 is 2.52 bits per heavy atom. The molecule has 4 rings (SSSR count). The number of nitrogens with zero attached hydrogens (tertiary/aromatic N) is 3. The van der Waals surface area contributed by atoms with Gasteiger partial charge in [-0.25, -0.2) is 9.07 Å². The summed E-state index contributed by atoms with van der Waals surface area (Å²) < 4.78 is 14.9. The van der Waals surface area contributed by atoms with Crippen LogP contribution >= 0.6 is 11.6 Å². The van der Waals surface area contributed by atoms with Crippen LogP contribution in [0.4, 0.5) is 10.3 Å². The lowest BCUT2D eigenvalue weighted by molar-refractivity contribution is 0.611. The molecule has 0 amide bonds. The van der Waals surface area contributed by atoms with Gasteiger partial charge in [0.2, 0.25) is 5.95 Å². The highest BCUT2D eigenvalue weighted by molar-refractivity contribution is 6.30. The third-order valence-corrected chi connectivity index (χ3v) is 4.03. The lowest BCUT2D eigenvalue weighted by Crippen LogP contribution is -2.20. The van der Waals surface area contributed by atoms with Gasteiger partial charge in [0, 0.05) is 10.7 Å². The molecule has 23 heavy (non-hydrogen) atoms. The number of rotatable bonds is 2. The summed E-state index contributed by atoms with van der Waals surface area (Å²) >= 11 is 5.97. The summed E-state index contributed by atoms with van der Waals surface area (Å²) in [7, 11) is 0. The number of benzene rings is 2. The Balaban J connectivity index is 1.79. The van der Waals surface area contributed by atoms with Crippen molar-refractivity contribution in [2.45, 2.75) is 6.04 Å². The second-order valence-electron chi connectivity index (χ2n) is 5.24. The van der Waals surface area contributed by atoms with E-state index in [2.05, 4.69) is 15.4 Å². The smallest absolute Gasteiger partial charge is 0.226 e. The van der Waals surface area contributed by atoms with Gasteiger partial charge in [-0.15, -0.1) is 0 Å². The quantitative estimate of drug-likeness (QED) is 0.770. The van der Waals surface area contributed by atoms with E-state index in [-0.39, 0.29) is 11.9 Å². The minimum Gasteiger partial charge on any atom is -0.324 e.